The molecule has 1 amide bonds. The third-order valence-corrected chi connectivity index (χ3v) is 0.670. The molecule has 0 unspecified atom stereocenters. The molecule has 1 rings (SSSR count). The van der Waals surface area contributed by atoms with Gasteiger partial charge in [-0.15, -0.1) is 12.4 Å². The molecule has 0 aliphatic carbocycles. The highest BCUT2D eigenvalue weighted by atomic mass is 35.5. The van der Waals surface area contributed by atoms with E-state index in [1.807, 2.05) is 0 Å². The van der Waals surface area contributed by atoms with E-state index in [1.165, 1.54) is 24.8 Å². The van der Waals surface area contributed by atoms with Crippen molar-refractivity contribution in [3.63, 3.8) is 0 Å². The fourth-order valence-electron chi connectivity index (χ4n) is 0.350. The number of rotatable bonds is 0. The van der Waals surface area contributed by atoms with E-state index in [0.717, 1.165) is 0 Å². The first-order chi connectivity index (χ1) is 3.89. The van der Waals surface area contributed by atoms with E-state index in [4.69, 9.17) is 0 Å². The molecule has 1 N–H and O–H groups in total. The molecule has 1 aliphatic heterocycles. The zero-order valence-corrected chi connectivity index (χ0v) is 5.35. The summed E-state index contributed by atoms with van der Waals surface area (Å²) in [6.07, 6.45) is 5.45. The second kappa shape index (κ2) is 3.97. The Kier molecular flexibility index (Phi) is 3.55. The highest BCUT2D eigenvalue weighted by Crippen LogP contribution is 1.83. The van der Waals surface area contributed by atoms with Gasteiger partial charge >= 0.3 is 0 Å². The van der Waals surface area contributed by atoms with Crippen LogP contribution in [0.25, 0.3) is 0 Å². The van der Waals surface area contributed by atoms with Crippen molar-refractivity contribution in [1.82, 2.24) is 5.32 Å². The van der Waals surface area contributed by atoms with Crippen LogP contribution in [0.15, 0.2) is 24.8 Å². The Bertz CT molecular complexity index is 153. The van der Waals surface area contributed by atoms with Gasteiger partial charge in [0.05, 0.1) is 6.26 Å². The molecular formula is C5H6ClNO2. The van der Waals surface area contributed by atoms with Gasteiger partial charge in [-0.05, 0) is 0 Å². The van der Waals surface area contributed by atoms with Gasteiger partial charge in [0.1, 0.15) is 6.26 Å². The number of ether oxygens (including phenoxy) is 1. The van der Waals surface area contributed by atoms with Gasteiger partial charge in [-0.25, -0.2) is 0 Å². The fourth-order valence-corrected chi connectivity index (χ4v) is 0.350. The third-order valence-electron chi connectivity index (χ3n) is 0.670. The van der Waals surface area contributed by atoms with E-state index < -0.39 is 0 Å². The molecule has 0 atom stereocenters. The molecule has 0 saturated heterocycles. The van der Waals surface area contributed by atoms with E-state index in [2.05, 4.69) is 10.1 Å². The number of nitrogens with one attached hydrogen (secondary N) is 1. The zero-order chi connectivity index (χ0) is 5.82. The average Bonchev–Trinajstić information content (AvgIpc) is 1.94. The van der Waals surface area contributed by atoms with Gasteiger partial charge < -0.3 is 10.1 Å². The van der Waals surface area contributed by atoms with Crippen LogP contribution >= 0.6 is 12.4 Å². The molecular weight excluding hydrogens is 142 g/mol. The lowest BCUT2D eigenvalue weighted by atomic mass is 10.6. The van der Waals surface area contributed by atoms with Crippen molar-refractivity contribution in [2.45, 2.75) is 0 Å². The zero-order valence-electron chi connectivity index (χ0n) is 4.53. The Morgan fingerprint density at radius 1 is 1.44 bits per heavy atom. The number of amides is 1. The second-order valence-electron chi connectivity index (χ2n) is 1.25. The van der Waals surface area contributed by atoms with Crippen molar-refractivity contribution in [3.8, 4) is 0 Å². The highest BCUT2D eigenvalue weighted by molar-refractivity contribution is 5.88. The summed E-state index contributed by atoms with van der Waals surface area (Å²) in [5, 5.41) is 2.41. The molecule has 0 fully saturated rings. The summed E-state index contributed by atoms with van der Waals surface area (Å²) in [7, 11) is 0. The molecule has 0 saturated carbocycles. The molecule has 0 spiro atoms. The van der Waals surface area contributed by atoms with E-state index in [1.54, 1.807) is 0 Å². The van der Waals surface area contributed by atoms with E-state index >= 15 is 0 Å². The van der Waals surface area contributed by atoms with Crippen LogP contribution < -0.4 is 5.32 Å². The number of halogens is 1. The minimum atomic E-state index is -0.168. The second-order valence-corrected chi connectivity index (χ2v) is 1.25. The minimum absolute atomic E-state index is 0. The number of hydrogen-bond acceptors (Lipinski definition) is 2. The summed E-state index contributed by atoms with van der Waals surface area (Å²) in [5.41, 5.74) is 0. The maximum Gasteiger partial charge on any atom is 0.251 e. The first-order valence-corrected chi connectivity index (χ1v) is 2.17. The topological polar surface area (TPSA) is 38.3 Å². The number of carbonyl (C=O) groups excluding carboxylic acids is 1. The Labute approximate surface area is 58.8 Å². The first-order valence-electron chi connectivity index (χ1n) is 2.17. The Morgan fingerprint density at radius 3 is 3.00 bits per heavy atom. The van der Waals surface area contributed by atoms with Crippen LogP contribution in [0.2, 0.25) is 0 Å². The van der Waals surface area contributed by atoms with Gasteiger partial charge in [-0.3, -0.25) is 4.79 Å². The number of carbonyl (C=O) groups is 1. The van der Waals surface area contributed by atoms with Gasteiger partial charge in [0.25, 0.3) is 5.91 Å². The van der Waals surface area contributed by atoms with Crippen molar-refractivity contribution < 1.29 is 9.53 Å². The maximum atomic E-state index is 10.4. The summed E-state index contributed by atoms with van der Waals surface area (Å²) in [6.45, 7) is 0. The average molecular weight is 148 g/mol. The van der Waals surface area contributed by atoms with Gasteiger partial charge in [0.2, 0.25) is 0 Å². The van der Waals surface area contributed by atoms with Gasteiger partial charge in [-0.2, -0.15) is 0 Å². The molecule has 0 aromatic carbocycles. The molecule has 0 radical (unpaired) electrons. The predicted octanol–water partition coefficient (Wildman–Crippen LogP) is 0.539. The molecule has 0 bridgehead atoms. The van der Waals surface area contributed by atoms with Crippen LogP contribution in [0.5, 0.6) is 0 Å². The van der Waals surface area contributed by atoms with Crippen LogP contribution in [-0.2, 0) is 9.53 Å². The van der Waals surface area contributed by atoms with Gasteiger partial charge in [0.15, 0.2) is 0 Å². The summed E-state index contributed by atoms with van der Waals surface area (Å²) < 4.78 is 4.62. The SMILES string of the molecule is Cl.O=C1C=COC=CN1. The van der Waals surface area contributed by atoms with Crippen LogP contribution in [0.1, 0.15) is 0 Å². The summed E-state index contributed by atoms with van der Waals surface area (Å²) in [6, 6.07) is 0. The maximum absolute atomic E-state index is 10.4. The number of hydrogen-bond donors (Lipinski definition) is 1. The lowest BCUT2D eigenvalue weighted by Gasteiger charge is -1.83. The van der Waals surface area contributed by atoms with Crippen molar-refractivity contribution >= 4 is 18.3 Å². The van der Waals surface area contributed by atoms with Gasteiger partial charge in [-0.1, -0.05) is 0 Å². The van der Waals surface area contributed by atoms with Crippen LogP contribution in [0.4, 0.5) is 0 Å². The van der Waals surface area contributed by atoms with Crippen LogP contribution in [0.3, 0.4) is 0 Å². The van der Waals surface area contributed by atoms with Crippen molar-refractivity contribution in [2.75, 3.05) is 0 Å². The summed E-state index contributed by atoms with van der Waals surface area (Å²) >= 11 is 0. The lowest BCUT2D eigenvalue weighted by molar-refractivity contribution is -0.115. The lowest BCUT2D eigenvalue weighted by Crippen LogP contribution is -2.11. The van der Waals surface area contributed by atoms with Crippen LogP contribution in [0, 0.1) is 0 Å². The molecule has 3 nitrogen and oxygen atoms in total. The van der Waals surface area contributed by atoms with Crippen molar-refractivity contribution in [1.29, 1.82) is 0 Å². The summed E-state index contributed by atoms with van der Waals surface area (Å²) in [5.74, 6) is -0.168. The quantitative estimate of drug-likeness (QED) is 0.543. The normalized spacial score (nSPS) is 14.9. The monoisotopic (exact) mass is 147 g/mol. The Morgan fingerprint density at radius 2 is 2.22 bits per heavy atom. The molecule has 4 heteroatoms. The predicted molar refractivity (Wildman–Crippen MR) is 34.8 cm³/mol. The summed E-state index contributed by atoms with van der Waals surface area (Å²) in [4.78, 5) is 10.4. The minimum Gasteiger partial charge on any atom is -0.471 e. The smallest absolute Gasteiger partial charge is 0.251 e. The van der Waals surface area contributed by atoms with Crippen LogP contribution in [-0.4, -0.2) is 5.91 Å². The Balaban J connectivity index is 0.000000640. The van der Waals surface area contributed by atoms with Crippen molar-refractivity contribution in [3.05, 3.63) is 24.8 Å². The van der Waals surface area contributed by atoms with E-state index in [9.17, 15) is 4.79 Å². The molecule has 0 aromatic heterocycles. The first kappa shape index (κ1) is 8.04. The molecule has 9 heavy (non-hydrogen) atoms. The van der Waals surface area contributed by atoms with E-state index in [0.29, 0.717) is 0 Å². The highest BCUT2D eigenvalue weighted by Gasteiger charge is 1.90. The molecule has 1 aliphatic rings. The fraction of sp³-hybridized carbons (Fsp3) is 0. The molecule has 0 aromatic rings. The van der Waals surface area contributed by atoms with E-state index in [-0.39, 0.29) is 18.3 Å². The van der Waals surface area contributed by atoms with Crippen molar-refractivity contribution in [2.24, 2.45) is 0 Å². The Hall–Kier alpha value is -0.960. The third kappa shape index (κ3) is 2.77. The van der Waals surface area contributed by atoms with Gasteiger partial charge in [0, 0.05) is 12.3 Å². The largest absolute Gasteiger partial charge is 0.471 e. The molecule has 50 valence electrons. The molecule has 1 heterocycles. The standard InChI is InChI=1S/C5H5NO2.ClH/c7-5-1-3-8-4-2-6-5;/h1-4H,(H,6,7);1H.